The predicted molar refractivity (Wildman–Crippen MR) is 56.7 cm³/mol. The third-order valence-corrected chi connectivity index (χ3v) is 2.54. The molecule has 3 nitrogen and oxygen atoms in total. The van der Waals surface area contributed by atoms with Crippen LogP contribution in [0.2, 0.25) is 0 Å². The van der Waals surface area contributed by atoms with Crippen molar-refractivity contribution >= 4 is 5.69 Å². The molecule has 1 aromatic carbocycles. The second-order valence-electron chi connectivity index (χ2n) is 3.70. The fraction of sp³-hybridized carbons (Fsp3) is 0.182. The number of nitrogens with zero attached hydrogens (tertiary/aromatic N) is 2. The van der Waals surface area contributed by atoms with Gasteiger partial charge in [-0.15, -0.1) is 0 Å². The second-order valence-corrected chi connectivity index (χ2v) is 3.70. The highest BCUT2D eigenvalue weighted by Crippen LogP contribution is 2.20. The van der Waals surface area contributed by atoms with E-state index in [-0.39, 0.29) is 12.0 Å². The van der Waals surface area contributed by atoms with Crippen molar-refractivity contribution in [3.8, 4) is 0 Å². The van der Waals surface area contributed by atoms with Crippen LogP contribution in [-0.4, -0.2) is 9.78 Å². The molecule has 17 heavy (non-hydrogen) atoms. The first-order valence-electron chi connectivity index (χ1n) is 4.89. The zero-order chi connectivity index (χ0) is 12.6. The topological polar surface area (TPSA) is 43.8 Å². The van der Waals surface area contributed by atoms with Gasteiger partial charge in [-0.3, -0.25) is 4.68 Å². The van der Waals surface area contributed by atoms with E-state index in [2.05, 4.69) is 5.10 Å². The quantitative estimate of drug-likeness (QED) is 0.817. The molecule has 0 amide bonds. The van der Waals surface area contributed by atoms with Crippen LogP contribution in [0, 0.1) is 17.5 Å². The van der Waals surface area contributed by atoms with Crippen molar-refractivity contribution in [2.45, 2.75) is 6.42 Å². The van der Waals surface area contributed by atoms with E-state index in [0.29, 0.717) is 17.4 Å². The summed E-state index contributed by atoms with van der Waals surface area (Å²) >= 11 is 0. The van der Waals surface area contributed by atoms with Crippen molar-refractivity contribution in [1.29, 1.82) is 0 Å². The Morgan fingerprint density at radius 2 is 1.82 bits per heavy atom. The molecule has 0 saturated carbocycles. The number of nitrogens with two attached hydrogens (primary N) is 1. The molecule has 0 aliphatic carbocycles. The minimum Gasteiger partial charge on any atom is -0.396 e. The number of hydrogen-bond acceptors (Lipinski definition) is 2. The molecule has 2 rings (SSSR count). The zero-order valence-corrected chi connectivity index (χ0v) is 9.04. The average Bonchev–Trinajstić information content (AvgIpc) is 2.57. The number of halogens is 3. The highest BCUT2D eigenvalue weighted by Gasteiger charge is 2.13. The van der Waals surface area contributed by atoms with Crippen LogP contribution < -0.4 is 5.73 Å². The summed E-state index contributed by atoms with van der Waals surface area (Å²) in [4.78, 5) is 0. The van der Waals surface area contributed by atoms with E-state index >= 15 is 0 Å². The monoisotopic (exact) mass is 241 g/mol. The van der Waals surface area contributed by atoms with Crippen LogP contribution >= 0.6 is 0 Å². The van der Waals surface area contributed by atoms with Crippen LogP contribution in [0.5, 0.6) is 0 Å². The maximum Gasteiger partial charge on any atom is 0.161 e. The minimum absolute atomic E-state index is 0.0409. The molecule has 0 spiro atoms. The number of rotatable bonds is 2. The highest BCUT2D eigenvalue weighted by molar-refractivity contribution is 5.43. The molecule has 0 saturated heterocycles. The molecule has 90 valence electrons. The Bertz CT molecular complexity index is 544. The average molecular weight is 241 g/mol. The van der Waals surface area contributed by atoms with Gasteiger partial charge in [0.05, 0.1) is 17.6 Å². The molecular formula is C11H10F3N3. The number of anilines is 1. The van der Waals surface area contributed by atoms with Gasteiger partial charge in [-0.05, 0) is 11.6 Å². The van der Waals surface area contributed by atoms with Gasteiger partial charge in [0.1, 0.15) is 5.82 Å². The third-order valence-electron chi connectivity index (χ3n) is 2.54. The maximum atomic E-state index is 13.4. The summed E-state index contributed by atoms with van der Waals surface area (Å²) in [6.07, 6.45) is 1.48. The normalized spacial score (nSPS) is 10.8. The van der Waals surface area contributed by atoms with E-state index in [1.165, 1.54) is 10.9 Å². The third kappa shape index (κ3) is 2.11. The molecule has 0 unspecified atom stereocenters. The van der Waals surface area contributed by atoms with Crippen LogP contribution in [0.1, 0.15) is 11.3 Å². The second kappa shape index (κ2) is 4.12. The van der Waals surface area contributed by atoms with Gasteiger partial charge < -0.3 is 5.73 Å². The molecule has 2 aromatic rings. The van der Waals surface area contributed by atoms with Crippen LogP contribution in [0.25, 0.3) is 0 Å². The number of aryl methyl sites for hydroxylation is 1. The molecule has 0 fully saturated rings. The van der Waals surface area contributed by atoms with Gasteiger partial charge in [0, 0.05) is 19.5 Å². The first kappa shape index (κ1) is 11.5. The molecule has 1 aromatic heterocycles. The van der Waals surface area contributed by atoms with E-state index in [0.717, 1.165) is 6.07 Å². The summed E-state index contributed by atoms with van der Waals surface area (Å²) in [5, 5.41) is 3.88. The molecule has 0 radical (unpaired) electrons. The molecule has 0 aliphatic heterocycles. The van der Waals surface area contributed by atoms with E-state index in [1.807, 2.05) is 0 Å². The van der Waals surface area contributed by atoms with E-state index < -0.39 is 17.5 Å². The largest absolute Gasteiger partial charge is 0.396 e. The first-order chi connectivity index (χ1) is 7.99. The van der Waals surface area contributed by atoms with Crippen molar-refractivity contribution in [2.24, 2.45) is 7.05 Å². The smallest absolute Gasteiger partial charge is 0.161 e. The van der Waals surface area contributed by atoms with Crippen molar-refractivity contribution < 1.29 is 13.2 Å². The summed E-state index contributed by atoms with van der Waals surface area (Å²) < 4.78 is 40.6. The van der Waals surface area contributed by atoms with Gasteiger partial charge in [0.2, 0.25) is 0 Å². The predicted octanol–water partition coefficient (Wildman–Crippen LogP) is 2.01. The minimum atomic E-state index is -1.20. The lowest BCUT2D eigenvalue weighted by Crippen LogP contribution is -2.04. The summed E-state index contributed by atoms with van der Waals surface area (Å²) in [5.41, 5.74) is 6.61. The molecule has 0 atom stereocenters. The summed E-state index contributed by atoms with van der Waals surface area (Å²) in [6, 6.07) is 1.36. The van der Waals surface area contributed by atoms with Gasteiger partial charge in [0.15, 0.2) is 11.6 Å². The number of nitrogen functional groups attached to an aromatic ring is 1. The highest BCUT2D eigenvalue weighted by atomic mass is 19.2. The number of aromatic nitrogens is 2. The van der Waals surface area contributed by atoms with Gasteiger partial charge in [-0.25, -0.2) is 13.2 Å². The molecular weight excluding hydrogens is 231 g/mol. The molecule has 0 aliphatic rings. The van der Waals surface area contributed by atoms with E-state index in [1.54, 1.807) is 7.05 Å². The Morgan fingerprint density at radius 1 is 1.18 bits per heavy atom. The number of benzene rings is 1. The Kier molecular flexibility index (Phi) is 2.79. The number of hydrogen-bond donors (Lipinski definition) is 1. The lowest BCUT2D eigenvalue weighted by Gasteiger charge is -2.06. The summed E-state index contributed by atoms with van der Waals surface area (Å²) in [7, 11) is 1.64. The van der Waals surface area contributed by atoms with E-state index in [9.17, 15) is 13.2 Å². The van der Waals surface area contributed by atoms with Crippen LogP contribution in [0.15, 0.2) is 18.3 Å². The fourth-order valence-corrected chi connectivity index (χ4v) is 1.58. The van der Waals surface area contributed by atoms with Gasteiger partial charge in [-0.1, -0.05) is 0 Å². The van der Waals surface area contributed by atoms with Crippen LogP contribution in [0.4, 0.5) is 18.9 Å². The molecule has 1 heterocycles. The standard InChI is InChI=1S/C11H10F3N3/c1-17-11(10(15)5-16-17)3-6-2-8(13)9(14)4-7(6)12/h2,4-5H,3,15H2,1H3. The molecule has 0 bridgehead atoms. The molecule has 6 heteroatoms. The molecule has 2 N–H and O–H groups in total. The van der Waals surface area contributed by atoms with Crippen molar-refractivity contribution in [1.82, 2.24) is 9.78 Å². The Balaban J connectivity index is 2.40. The van der Waals surface area contributed by atoms with E-state index in [4.69, 9.17) is 5.73 Å². The van der Waals surface area contributed by atoms with Crippen molar-refractivity contribution in [3.05, 3.63) is 47.0 Å². The SMILES string of the molecule is Cn1ncc(N)c1Cc1cc(F)c(F)cc1F. The first-order valence-corrected chi connectivity index (χ1v) is 4.89. The van der Waals surface area contributed by atoms with Gasteiger partial charge in [0.25, 0.3) is 0 Å². The lowest BCUT2D eigenvalue weighted by atomic mass is 10.1. The fourth-order valence-electron chi connectivity index (χ4n) is 1.58. The maximum absolute atomic E-state index is 13.4. The van der Waals surface area contributed by atoms with Crippen molar-refractivity contribution in [2.75, 3.05) is 5.73 Å². The Morgan fingerprint density at radius 3 is 2.41 bits per heavy atom. The Labute approximate surface area is 95.7 Å². The van der Waals surface area contributed by atoms with Crippen LogP contribution in [-0.2, 0) is 13.5 Å². The lowest BCUT2D eigenvalue weighted by molar-refractivity contribution is 0.490. The van der Waals surface area contributed by atoms with Gasteiger partial charge >= 0.3 is 0 Å². The van der Waals surface area contributed by atoms with Crippen LogP contribution in [0.3, 0.4) is 0 Å². The van der Waals surface area contributed by atoms with Gasteiger partial charge in [-0.2, -0.15) is 5.10 Å². The summed E-state index contributed by atoms with van der Waals surface area (Å²) in [5.74, 6) is -3.09. The van der Waals surface area contributed by atoms with Crippen molar-refractivity contribution in [3.63, 3.8) is 0 Å². The Hall–Kier alpha value is -1.98. The summed E-state index contributed by atoms with van der Waals surface area (Å²) in [6.45, 7) is 0. The zero-order valence-electron chi connectivity index (χ0n) is 9.04.